The SMILES string of the molecule is C=[C]c1cc(OCC)cc(OC(C)=O)c1. The second-order valence-electron chi connectivity index (χ2n) is 2.90. The molecule has 0 fully saturated rings. The summed E-state index contributed by atoms with van der Waals surface area (Å²) in [6.07, 6.45) is 2.72. The van der Waals surface area contributed by atoms with Crippen molar-refractivity contribution in [2.45, 2.75) is 13.8 Å². The highest BCUT2D eigenvalue weighted by Gasteiger charge is 2.03. The molecule has 0 aliphatic carbocycles. The number of esters is 1. The van der Waals surface area contributed by atoms with Crippen molar-refractivity contribution in [3.8, 4) is 11.5 Å². The molecule has 15 heavy (non-hydrogen) atoms. The Morgan fingerprint density at radius 3 is 2.60 bits per heavy atom. The van der Waals surface area contributed by atoms with Gasteiger partial charge in [0.1, 0.15) is 11.5 Å². The van der Waals surface area contributed by atoms with Gasteiger partial charge >= 0.3 is 5.97 Å². The quantitative estimate of drug-likeness (QED) is 0.559. The average molecular weight is 205 g/mol. The van der Waals surface area contributed by atoms with Crippen LogP contribution in [0.2, 0.25) is 0 Å². The fraction of sp³-hybridized carbons (Fsp3) is 0.250. The van der Waals surface area contributed by atoms with E-state index in [1.807, 2.05) is 6.92 Å². The van der Waals surface area contributed by atoms with Crippen LogP contribution >= 0.6 is 0 Å². The molecule has 3 nitrogen and oxygen atoms in total. The molecule has 1 radical (unpaired) electrons. The highest BCUT2D eigenvalue weighted by molar-refractivity contribution is 5.69. The maximum atomic E-state index is 10.8. The van der Waals surface area contributed by atoms with E-state index in [9.17, 15) is 4.79 Å². The van der Waals surface area contributed by atoms with Gasteiger partial charge in [-0.05, 0) is 30.7 Å². The lowest BCUT2D eigenvalue weighted by Crippen LogP contribution is -2.02. The van der Waals surface area contributed by atoms with Gasteiger partial charge in [-0.15, -0.1) is 0 Å². The Morgan fingerprint density at radius 2 is 2.07 bits per heavy atom. The zero-order valence-electron chi connectivity index (χ0n) is 8.87. The van der Waals surface area contributed by atoms with Crippen LogP contribution in [0.3, 0.4) is 0 Å². The van der Waals surface area contributed by atoms with Crippen LogP contribution in [0.5, 0.6) is 11.5 Å². The first kappa shape index (κ1) is 11.3. The maximum Gasteiger partial charge on any atom is 0.308 e. The summed E-state index contributed by atoms with van der Waals surface area (Å²) >= 11 is 0. The second kappa shape index (κ2) is 5.20. The van der Waals surface area contributed by atoms with Crippen LogP contribution in [-0.4, -0.2) is 12.6 Å². The van der Waals surface area contributed by atoms with Crippen molar-refractivity contribution >= 4 is 5.97 Å². The summed E-state index contributed by atoms with van der Waals surface area (Å²) in [6, 6.07) is 5.12. The number of hydrogen-bond donors (Lipinski definition) is 0. The second-order valence-corrected chi connectivity index (χ2v) is 2.90. The molecule has 0 aromatic heterocycles. The molecule has 79 valence electrons. The van der Waals surface area contributed by atoms with Crippen molar-refractivity contribution in [3.05, 3.63) is 36.4 Å². The van der Waals surface area contributed by atoms with E-state index in [-0.39, 0.29) is 5.97 Å². The number of rotatable bonds is 4. The molecule has 0 spiro atoms. The van der Waals surface area contributed by atoms with E-state index >= 15 is 0 Å². The summed E-state index contributed by atoms with van der Waals surface area (Å²) in [6.45, 7) is 7.32. The molecule has 0 saturated carbocycles. The predicted octanol–water partition coefficient (Wildman–Crippen LogP) is 2.35. The lowest BCUT2D eigenvalue weighted by atomic mass is 10.2. The third-order valence-electron chi connectivity index (χ3n) is 1.66. The molecule has 0 unspecified atom stereocenters. The van der Waals surface area contributed by atoms with Crippen LogP contribution in [0.4, 0.5) is 0 Å². The molecule has 1 aromatic carbocycles. The van der Waals surface area contributed by atoms with Gasteiger partial charge in [0.2, 0.25) is 0 Å². The summed E-state index contributed by atoms with van der Waals surface area (Å²) in [5.41, 5.74) is 0.734. The van der Waals surface area contributed by atoms with Crippen molar-refractivity contribution in [2.24, 2.45) is 0 Å². The molecule has 0 atom stereocenters. The van der Waals surface area contributed by atoms with E-state index in [4.69, 9.17) is 9.47 Å². The Hall–Kier alpha value is -1.77. The third kappa shape index (κ3) is 3.46. The highest BCUT2D eigenvalue weighted by atomic mass is 16.5. The summed E-state index contributed by atoms with van der Waals surface area (Å²) in [7, 11) is 0. The van der Waals surface area contributed by atoms with Crippen molar-refractivity contribution in [1.29, 1.82) is 0 Å². The van der Waals surface area contributed by atoms with Gasteiger partial charge in [-0.3, -0.25) is 4.79 Å². The summed E-state index contributed by atoms with van der Waals surface area (Å²) < 4.78 is 10.3. The van der Waals surface area contributed by atoms with E-state index in [0.29, 0.717) is 18.1 Å². The van der Waals surface area contributed by atoms with Crippen LogP contribution in [-0.2, 0) is 4.79 Å². The van der Waals surface area contributed by atoms with E-state index in [2.05, 4.69) is 12.7 Å². The predicted molar refractivity (Wildman–Crippen MR) is 56.9 cm³/mol. The van der Waals surface area contributed by atoms with Crippen LogP contribution in [0.25, 0.3) is 0 Å². The number of carbonyl (C=O) groups is 1. The molecule has 0 bridgehead atoms. The molecule has 1 aromatic rings. The van der Waals surface area contributed by atoms with Crippen molar-refractivity contribution in [2.75, 3.05) is 6.61 Å². The van der Waals surface area contributed by atoms with Crippen LogP contribution in [0, 0.1) is 6.08 Å². The molecular weight excluding hydrogens is 192 g/mol. The number of hydrogen-bond acceptors (Lipinski definition) is 3. The van der Waals surface area contributed by atoms with E-state index < -0.39 is 0 Å². The Kier molecular flexibility index (Phi) is 3.92. The standard InChI is InChI=1S/C12H13O3/c1-4-10-6-11(14-5-2)8-12(7-10)15-9(3)13/h6-8H,1,5H2,2-3H3. The average Bonchev–Trinajstić information content (AvgIpc) is 2.16. The van der Waals surface area contributed by atoms with Crippen LogP contribution in [0.1, 0.15) is 19.4 Å². The van der Waals surface area contributed by atoms with E-state index in [1.165, 1.54) is 6.92 Å². The Labute approximate surface area is 89.3 Å². The molecule has 0 saturated heterocycles. The van der Waals surface area contributed by atoms with Crippen LogP contribution < -0.4 is 9.47 Å². The maximum absolute atomic E-state index is 10.8. The molecule has 0 amide bonds. The fourth-order valence-electron chi connectivity index (χ4n) is 1.15. The first-order valence-electron chi connectivity index (χ1n) is 4.65. The lowest BCUT2D eigenvalue weighted by molar-refractivity contribution is -0.131. The molecule has 0 N–H and O–H groups in total. The minimum absolute atomic E-state index is 0.362. The third-order valence-corrected chi connectivity index (χ3v) is 1.66. The number of benzene rings is 1. The van der Waals surface area contributed by atoms with Crippen molar-refractivity contribution in [3.63, 3.8) is 0 Å². The zero-order chi connectivity index (χ0) is 11.3. The first-order chi connectivity index (χ1) is 7.15. The van der Waals surface area contributed by atoms with E-state index in [0.717, 1.165) is 5.56 Å². The van der Waals surface area contributed by atoms with Gasteiger partial charge in [0.25, 0.3) is 0 Å². The van der Waals surface area contributed by atoms with E-state index in [1.54, 1.807) is 18.2 Å². The molecule has 1 rings (SSSR count). The van der Waals surface area contributed by atoms with Gasteiger partial charge in [-0.2, -0.15) is 0 Å². The fourth-order valence-corrected chi connectivity index (χ4v) is 1.15. The van der Waals surface area contributed by atoms with Gasteiger partial charge in [-0.25, -0.2) is 0 Å². The Balaban J connectivity index is 2.99. The van der Waals surface area contributed by atoms with Gasteiger partial charge in [0, 0.05) is 13.0 Å². The smallest absolute Gasteiger partial charge is 0.308 e. The topological polar surface area (TPSA) is 35.5 Å². The summed E-state index contributed by atoms with van der Waals surface area (Å²) in [5, 5.41) is 0. The van der Waals surface area contributed by atoms with Crippen molar-refractivity contribution < 1.29 is 14.3 Å². The largest absolute Gasteiger partial charge is 0.494 e. The molecule has 3 heteroatoms. The Morgan fingerprint density at radius 1 is 1.40 bits per heavy atom. The number of ether oxygens (including phenoxy) is 2. The van der Waals surface area contributed by atoms with Gasteiger partial charge in [0.05, 0.1) is 6.61 Å². The number of carbonyl (C=O) groups excluding carboxylic acids is 1. The zero-order valence-corrected chi connectivity index (χ0v) is 8.87. The minimum atomic E-state index is -0.362. The molecule has 0 aliphatic rings. The minimum Gasteiger partial charge on any atom is -0.494 e. The summed E-state index contributed by atoms with van der Waals surface area (Å²) in [4.78, 5) is 10.8. The van der Waals surface area contributed by atoms with Crippen LogP contribution in [0.15, 0.2) is 24.8 Å². The normalized spacial score (nSPS) is 9.47. The Bertz CT molecular complexity index is 369. The van der Waals surface area contributed by atoms with Gasteiger partial charge in [-0.1, -0.05) is 6.58 Å². The lowest BCUT2D eigenvalue weighted by Gasteiger charge is -2.07. The first-order valence-corrected chi connectivity index (χ1v) is 4.65. The highest BCUT2D eigenvalue weighted by Crippen LogP contribution is 2.23. The van der Waals surface area contributed by atoms with Gasteiger partial charge in [0.15, 0.2) is 0 Å². The van der Waals surface area contributed by atoms with Gasteiger partial charge < -0.3 is 9.47 Å². The molecule has 0 aliphatic heterocycles. The molecular formula is C12H13O3. The monoisotopic (exact) mass is 205 g/mol. The van der Waals surface area contributed by atoms with Crippen molar-refractivity contribution in [1.82, 2.24) is 0 Å². The summed E-state index contributed by atoms with van der Waals surface area (Å²) in [5.74, 6) is 0.723. The molecule has 0 heterocycles.